The second-order valence-electron chi connectivity index (χ2n) is 3.98. The molecule has 5 nitrogen and oxygen atoms in total. The Labute approximate surface area is 93.5 Å². The molecular weight excluding hydrogens is 204 g/mol. The Kier molecular flexibility index (Phi) is 2.77. The molecule has 0 spiro atoms. The molecule has 1 N–H and O–H groups in total. The SMILES string of the molecule is CCC(CC)c1nn2cnc(C)c2c(=O)[nH]1. The zero-order valence-electron chi connectivity index (χ0n) is 9.82. The lowest BCUT2D eigenvalue weighted by molar-refractivity contribution is 0.581. The molecule has 0 saturated carbocycles. The minimum absolute atomic E-state index is 0.105. The van der Waals surface area contributed by atoms with Gasteiger partial charge in [0.15, 0.2) is 5.52 Å². The molecule has 2 rings (SSSR count). The number of rotatable bonds is 3. The van der Waals surface area contributed by atoms with Crippen molar-refractivity contribution in [1.82, 2.24) is 19.6 Å². The highest BCUT2D eigenvalue weighted by atomic mass is 16.1. The molecule has 86 valence electrons. The molecule has 0 unspecified atom stereocenters. The van der Waals surface area contributed by atoms with E-state index in [4.69, 9.17) is 0 Å². The molecule has 0 bridgehead atoms. The lowest BCUT2D eigenvalue weighted by Gasteiger charge is -2.10. The van der Waals surface area contributed by atoms with Crippen molar-refractivity contribution >= 4 is 5.52 Å². The average Bonchev–Trinajstić information content (AvgIpc) is 2.62. The van der Waals surface area contributed by atoms with Gasteiger partial charge >= 0.3 is 0 Å². The maximum atomic E-state index is 11.9. The van der Waals surface area contributed by atoms with Crippen LogP contribution in [-0.2, 0) is 0 Å². The van der Waals surface area contributed by atoms with Gasteiger partial charge in [-0.2, -0.15) is 5.10 Å². The first-order valence-corrected chi connectivity index (χ1v) is 5.61. The van der Waals surface area contributed by atoms with Gasteiger partial charge in [-0.05, 0) is 19.8 Å². The van der Waals surface area contributed by atoms with Crippen LogP contribution in [0.15, 0.2) is 11.1 Å². The summed E-state index contributed by atoms with van der Waals surface area (Å²) in [6.45, 7) is 6.00. The van der Waals surface area contributed by atoms with Gasteiger partial charge in [-0.1, -0.05) is 13.8 Å². The fourth-order valence-electron chi connectivity index (χ4n) is 1.95. The van der Waals surface area contributed by atoms with Gasteiger partial charge < -0.3 is 4.98 Å². The second kappa shape index (κ2) is 4.08. The summed E-state index contributed by atoms with van der Waals surface area (Å²) < 4.78 is 1.57. The van der Waals surface area contributed by atoms with Crippen LogP contribution in [0.1, 0.15) is 44.1 Å². The zero-order valence-corrected chi connectivity index (χ0v) is 9.82. The minimum atomic E-state index is -0.105. The van der Waals surface area contributed by atoms with Gasteiger partial charge in [-0.15, -0.1) is 0 Å². The molecule has 2 aromatic heterocycles. The fourth-order valence-corrected chi connectivity index (χ4v) is 1.95. The number of nitrogens with zero attached hydrogens (tertiary/aromatic N) is 3. The van der Waals surface area contributed by atoms with E-state index in [-0.39, 0.29) is 5.56 Å². The molecule has 0 aromatic carbocycles. The molecule has 0 aliphatic rings. The molecule has 0 aliphatic carbocycles. The maximum absolute atomic E-state index is 11.9. The number of fused-ring (bicyclic) bond motifs is 1. The first kappa shape index (κ1) is 10.9. The van der Waals surface area contributed by atoms with Crippen LogP contribution in [0.25, 0.3) is 5.52 Å². The molecule has 0 aliphatic heterocycles. The van der Waals surface area contributed by atoms with Gasteiger partial charge in [-0.3, -0.25) is 4.79 Å². The van der Waals surface area contributed by atoms with E-state index in [1.165, 1.54) is 0 Å². The molecular formula is C11H16N4O. The van der Waals surface area contributed by atoms with Crippen molar-refractivity contribution < 1.29 is 0 Å². The second-order valence-corrected chi connectivity index (χ2v) is 3.98. The Morgan fingerprint density at radius 3 is 2.75 bits per heavy atom. The van der Waals surface area contributed by atoms with E-state index in [1.807, 2.05) is 6.92 Å². The van der Waals surface area contributed by atoms with Crippen LogP contribution in [0.3, 0.4) is 0 Å². The lowest BCUT2D eigenvalue weighted by atomic mass is 10.0. The van der Waals surface area contributed by atoms with Crippen molar-refractivity contribution in [3.63, 3.8) is 0 Å². The monoisotopic (exact) mass is 220 g/mol. The largest absolute Gasteiger partial charge is 0.307 e. The van der Waals surface area contributed by atoms with Crippen molar-refractivity contribution in [2.24, 2.45) is 0 Å². The van der Waals surface area contributed by atoms with Gasteiger partial charge in [0, 0.05) is 5.92 Å². The van der Waals surface area contributed by atoms with Crippen LogP contribution in [-0.4, -0.2) is 19.6 Å². The van der Waals surface area contributed by atoms with Gasteiger partial charge in [-0.25, -0.2) is 9.50 Å². The van der Waals surface area contributed by atoms with E-state index in [0.29, 0.717) is 17.1 Å². The van der Waals surface area contributed by atoms with Crippen molar-refractivity contribution in [2.45, 2.75) is 39.5 Å². The van der Waals surface area contributed by atoms with Crippen molar-refractivity contribution in [1.29, 1.82) is 0 Å². The summed E-state index contributed by atoms with van der Waals surface area (Å²) in [7, 11) is 0. The third kappa shape index (κ3) is 1.62. The zero-order chi connectivity index (χ0) is 11.7. The number of aromatic nitrogens is 4. The Morgan fingerprint density at radius 1 is 1.44 bits per heavy atom. The molecule has 2 heterocycles. The van der Waals surface area contributed by atoms with Crippen molar-refractivity contribution in [3.05, 3.63) is 28.2 Å². The van der Waals surface area contributed by atoms with Crippen LogP contribution in [0.4, 0.5) is 0 Å². The van der Waals surface area contributed by atoms with E-state index in [9.17, 15) is 4.79 Å². The van der Waals surface area contributed by atoms with E-state index in [2.05, 4.69) is 28.9 Å². The first-order chi connectivity index (χ1) is 7.67. The summed E-state index contributed by atoms with van der Waals surface area (Å²) in [5.74, 6) is 1.06. The van der Waals surface area contributed by atoms with E-state index >= 15 is 0 Å². The molecule has 16 heavy (non-hydrogen) atoms. The van der Waals surface area contributed by atoms with Gasteiger partial charge in [0.1, 0.15) is 12.2 Å². The highest BCUT2D eigenvalue weighted by Gasteiger charge is 2.13. The topological polar surface area (TPSA) is 63.1 Å². The molecule has 0 atom stereocenters. The Hall–Kier alpha value is -1.65. The average molecular weight is 220 g/mol. The number of hydrogen-bond acceptors (Lipinski definition) is 3. The molecule has 0 amide bonds. The quantitative estimate of drug-likeness (QED) is 0.855. The number of aryl methyl sites for hydroxylation is 1. The number of nitrogens with one attached hydrogen (secondary N) is 1. The Morgan fingerprint density at radius 2 is 2.12 bits per heavy atom. The summed E-state index contributed by atoms with van der Waals surface area (Å²) in [5, 5.41) is 4.40. The lowest BCUT2D eigenvalue weighted by Crippen LogP contribution is -2.18. The van der Waals surface area contributed by atoms with Crippen LogP contribution in [0, 0.1) is 6.92 Å². The number of imidazole rings is 1. The third-order valence-electron chi connectivity index (χ3n) is 2.98. The molecule has 0 saturated heterocycles. The smallest absolute Gasteiger partial charge is 0.277 e. The number of hydrogen-bond donors (Lipinski definition) is 1. The third-order valence-corrected chi connectivity index (χ3v) is 2.98. The van der Waals surface area contributed by atoms with Crippen LogP contribution >= 0.6 is 0 Å². The highest BCUT2D eigenvalue weighted by molar-refractivity contribution is 5.47. The predicted octanol–water partition coefficient (Wildman–Crippen LogP) is 1.63. The summed E-state index contributed by atoms with van der Waals surface area (Å²) in [6, 6.07) is 0. The molecule has 2 aromatic rings. The molecule has 0 radical (unpaired) electrons. The maximum Gasteiger partial charge on any atom is 0.277 e. The van der Waals surface area contributed by atoms with Gasteiger partial charge in [0.05, 0.1) is 5.69 Å². The summed E-state index contributed by atoms with van der Waals surface area (Å²) in [5.41, 5.74) is 1.14. The van der Waals surface area contributed by atoms with Crippen LogP contribution in [0.5, 0.6) is 0 Å². The van der Waals surface area contributed by atoms with E-state index in [1.54, 1.807) is 10.8 Å². The number of aromatic amines is 1. The normalized spacial score (nSPS) is 11.5. The van der Waals surface area contributed by atoms with Gasteiger partial charge in [0.2, 0.25) is 0 Å². The predicted molar refractivity (Wildman–Crippen MR) is 61.7 cm³/mol. The molecule has 0 fully saturated rings. The summed E-state index contributed by atoms with van der Waals surface area (Å²) >= 11 is 0. The van der Waals surface area contributed by atoms with E-state index < -0.39 is 0 Å². The number of H-pyrrole nitrogens is 1. The summed E-state index contributed by atoms with van der Waals surface area (Å²) in [6.07, 6.45) is 3.53. The minimum Gasteiger partial charge on any atom is -0.307 e. The summed E-state index contributed by atoms with van der Waals surface area (Å²) in [4.78, 5) is 18.8. The standard InChI is InChI=1S/C11H16N4O/c1-4-8(5-2)10-13-11(16)9-7(3)12-6-15(9)14-10/h6,8H,4-5H2,1-3H3,(H,13,14,16). The Bertz CT molecular complexity index is 551. The van der Waals surface area contributed by atoms with Crippen LogP contribution in [0.2, 0.25) is 0 Å². The first-order valence-electron chi connectivity index (χ1n) is 5.61. The van der Waals surface area contributed by atoms with Gasteiger partial charge in [0.25, 0.3) is 5.56 Å². The van der Waals surface area contributed by atoms with Crippen molar-refractivity contribution in [2.75, 3.05) is 0 Å². The van der Waals surface area contributed by atoms with Crippen LogP contribution < -0.4 is 5.56 Å². The highest BCUT2D eigenvalue weighted by Crippen LogP contribution is 2.17. The Balaban J connectivity index is 2.63. The molecule has 5 heteroatoms. The fraction of sp³-hybridized carbons (Fsp3) is 0.545. The van der Waals surface area contributed by atoms with E-state index in [0.717, 1.165) is 18.7 Å². The van der Waals surface area contributed by atoms with Crippen molar-refractivity contribution in [3.8, 4) is 0 Å².